The zero-order valence-corrected chi connectivity index (χ0v) is 13.0. The first-order chi connectivity index (χ1) is 9.26. The lowest BCUT2D eigenvalue weighted by molar-refractivity contribution is 0.423. The van der Waals surface area contributed by atoms with Crippen molar-refractivity contribution in [3.63, 3.8) is 0 Å². The Balaban J connectivity index is 2.10. The number of hydrogen-bond acceptors (Lipinski definition) is 3. The summed E-state index contributed by atoms with van der Waals surface area (Å²) in [6.45, 7) is 9.03. The number of nitrogen functional groups attached to an aromatic ring is 1. The zero-order valence-electron chi connectivity index (χ0n) is 12.2. The maximum Gasteiger partial charge on any atom is 0.230 e. The predicted molar refractivity (Wildman–Crippen MR) is 81.7 cm³/mol. The Morgan fingerprint density at radius 2 is 1.65 bits per heavy atom. The highest BCUT2D eigenvalue weighted by Crippen LogP contribution is 2.74. The number of hydrogen-bond donors (Lipinski definition) is 1. The third-order valence-electron chi connectivity index (χ3n) is 5.17. The lowest BCUT2D eigenvalue weighted by Gasteiger charge is -2.04. The zero-order chi connectivity index (χ0) is 14.7. The number of nitrogens with two attached hydrogens (primary N) is 1. The van der Waals surface area contributed by atoms with Crippen LogP contribution in [0.5, 0.6) is 0 Å². The van der Waals surface area contributed by atoms with E-state index in [9.17, 15) is 0 Å². The Bertz CT molecular complexity index is 642. The van der Waals surface area contributed by atoms with Crippen molar-refractivity contribution < 1.29 is 4.52 Å². The molecule has 0 spiro atoms. The van der Waals surface area contributed by atoms with Gasteiger partial charge in [-0.15, -0.1) is 0 Å². The molecule has 3 nitrogen and oxygen atoms in total. The molecule has 0 atom stereocenters. The second-order valence-corrected chi connectivity index (χ2v) is 7.13. The first-order valence-corrected chi connectivity index (χ1v) is 7.15. The molecule has 1 aromatic heterocycles. The van der Waals surface area contributed by atoms with Crippen molar-refractivity contribution in [2.75, 3.05) is 5.73 Å². The van der Waals surface area contributed by atoms with Crippen LogP contribution in [0.3, 0.4) is 0 Å². The first kappa shape index (κ1) is 13.5. The summed E-state index contributed by atoms with van der Waals surface area (Å²) in [6.07, 6.45) is 0. The van der Waals surface area contributed by atoms with Gasteiger partial charge in [-0.25, -0.2) is 0 Å². The van der Waals surface area contributed by atoms with E-state index in [4.69, 9.17) is 21.9 Å². The van der Waals surface area contributed by atoms with Crippen molar-refractivity contribution in [3.05, 3.63) is 35.0 Å². The van der Waals surface area contributed by atoms with Gasteiger partial charge in [0.05, 0.1) is 11.3 Å². The predicted octanol–water partition coefficient (Wildman–Crippen LogP) is 4.73. The van der Waals surface area contributed by atoms with E-state index < -0.39 is 0 Å². The normalized spacial score (nSPS) is 20.1. The lowest BCUT2D eigenvalue weighted by Crippen LogP contribution is -1.95. The Labute approximate surface area is 124 Å². The van der Waals surface area contributed by atoms with Crippen LogP contribution in [-0.4, -0.2) is 5.16 Å². The van der Waals surface area contributed by atoms with Crippen molar-refractivity contribution in [1.82, 2.24) is 5.16 Å². The molecule has 0 amide bonds. The number of rotatable bonds is 2. The average Bonchev–Trinajstić information content (AvgIpc) is 2.65. The summed E-state index contributed by atoms with van der Waals surface area (Å²) in [5.74, 6) is 0.725. The number of anilines is 1. The van der Waals surface area contributed by atoms with Crippen LogP contribution in [0.1, 0.15) is 39.3 Å². The molecule has 20 heavy (non-hydrogen) atoms. The van der Waals surface area contributed by atoms with Crippen LogP contribution in [-0.2, 0) is 0 Å². The van der Waals surface area contributed by atoms with Crippen LogP contribution in [0, 0.1) is 10.8 Å². The van der Waals surface area contributed by atoms with Crippen molar-refractivity contribution in [2.45, 2.75) is 33.6 Å². The van der Waals surface area contributed by atoms with Crippen molar-refractivity contribution in [2.24, 2.45) is 10.8 Å². The van der Waals surface area contributed by atoms with Gasteiger partial charge in [0.1, 0.15) is 0 Å². The molecule has 1 saturated carbocycles. The number of benzene rings is 1. The Kier molecular flexibility index (Phi) is 2.71. The quantitative estimate of drug-likeness (QED) is 0.870. The van der Waals surface area contributed by atoms with Gasteiger partial charge in [-0.05, 0) is 28.5 Å². The van der Waals surface area contributed by atoms with E-state index >= 15 is 0 Å². The molecule has 4 heteroatoms. The topological polar surface area (TPSA) is 52.0 Å². The van der Waals surface area contributed by atoms with Gasteiger partial charge >= 0.3 is 0 Å². The number of aromatic nitrogens is 1. The molecular weight excluding hydrogens is 272 g/mol. The summed E-state index contributed by atoms with van der Waals surface area (Å²) in [6, 6.07) is 7.63. The molecule has 1 aromatic carbocycles. The lowest BCUT2D eigenvalue weighted by atomic mass is 9.99. The summed E-state index contributed by atoms with van der Waals surface area (Å²) in [5.41, 5.74) is 9.24. The van der Waals surface area contributed by atoms with Gasteiger partial charge in [-0.2, -0.15) is 0 Å². The minimum absolute atomic E-state index is 0.192. The number of nitrogens with zero attached hydrogens (tertiary/aromatic N) is 1. The largest absolute Gasteiger partial charge is 0.367 e. The van der Waals surface area contributed by atoms with Crippen LogP contribution in [0.4, 0.5) is 5.88 Å². The van der Waals surface area contributed by atoms with E-state index in [1.807, 2.05) is 24.3 Å². The molecule has 1 aliphatic carbocycles. The van der Waals surface area contributed by atoms with Gasteiger partial charge in [-0.3, -0.25) is 0 Å². The summed E-state index contributed by atoms with van der Waals surface area (Å²) >= 11 is 5.95. The van der Waals surface area contributed by atoms with E-state index in [2.05, 4.69) is 32.9 Å². The standard InChI is InChI=1S/C16H19ClN2O/c1-15(2)13(16(15,3)4)12-11(14(18)20-19-12)9-5-7-10(17)8-6-9/h5-8,13H,18H2,1-4H3. The molecule has 0 saturated heterocycles. The number of halogens is 1. The van der Waals surface area contributed by atoms with Crippen molar-refractivity contribution >= 4 is 17.5 Å². The van der Waals surface area contributed by atoms with Gasteiger partial charge < -0.3 is 10.3 Å². The van der Waals surface area contributed by atoms with E-state index in [1.54, 1.807) is 0 Å². The monoisotopic (exact) mass is 290 g/mol. The highest BCUT2D eigenvalue weighted by molar-refractivity contribution is 6.30. The second kappa shape index (κ2) is 4.01. The fourth-order valence-electron chi connectivity index (χ4n) is 3.30. The van der Waals surface area contributed by atoms with Gasteiger partial charge in [0, 0.05) is 10.9 Å². The third kappa shape index (κ3) is 1.69. The van der Waals surface area contributed by atoms with Crippen molar-refractivity contribution in [1.29, 1.82) is 0 Å². The van der Waals surface area contributed by atoms with E-state index in [-0.39, 0.29) is 10.8 Å². The highest BCUT2D eigenvalue weighted by Gasteiger charge is 2.67. The Morgan fingerprint density at radius 3 is 2.15 bits per heavy atom. The highest BCUT2D eigenvalue weighted by atomic mass is 35.5. The molecule has 0 unspecified atom stereocenters. The second-order valence-electron chi connectivity index (χ2n) is 6.69. The molecule has 2 aromatic rings. The maximum atomic E-state index is 5.99. The molecule has 1 fully saturated rings. The molecule has 106 valence electrons. The van der Waals surface area contributed by atoms with Gasteiger partial charge in [0.15, 0.2) is 0 Å². The molecule has 1 aliphatic rings. The van der Waals surface area contributed by atoms with Gasteiger partial charge in [0.25, 0.3) is 0 Å². The van der Waals surface area contributed by atoms with Crippen LogP contribution < -0.4 is 5.73 Å². The smallest absolute Gasteiger partial charge is 0.230 e. The summed E-state index contributed by atoms with van der Waals surface area (Å²) in [4.78, 5) is 0. The SMILES string of the molecule is CC1(C)C(c2noc(N)c2-c2ccc(Cl)cc2)C1(C)C. The van der Waals surface area contributed by atoms with Crippen LogP contribution in [0.15, 0.2) is 28.8 Å². The summed E-state index contributed by atoms with van der Waals surface area (Å²) < 4.78 is 5.26. The molecule has 1 heterocycles. The fraction of sp³-hybridized carbons (Fsp3) is 0.438. The molecule has 0 aliphatic heterocycles. The van der Waals surface area contributed by atoms with Crippen LogP contribution >= 0.6 is 11.6 Å². The average molecular weight is 291 g/mol. The third-order valence-corrected chi connectivity index (χ3v) is 5.42. The van der Waals surface area contributed by atoms with E-state index in [1.165, 1.54) is 0 Å². The Hall–Kier alpha value is -1.48. The molecule has 0 bridgehead atoms. The van der Waals surface area contributed by atoms with Gasteiger partial charge in [-0.1, -0.05) is 56.6 Å². The minimum Gasteiger partial charge on any atom is -0.367 e. The van der Waals surface area contributed by atoms with Gasteiger partial charge in [0.2, 0.25) is 5.88 Å². The molecule has 2 N–H and O–H groups in total. The minimum atomic E-state index is 0.192. The van der Waals surface area contributed by atoms with E-state index in [0.717, 1.165) is 16.8 Å². The Morgan fingerprint density at radius 1 is 1.10 bits per heavy atom. The molecule has 3 rings (SSSR count). The van der Waals surface area contributed by atoms with Crippen molar-refractivity contribution in [3.8, 4) is 11.1 Å². The molecular formula is C16H19ClN2O. The first-order valence-electron chi connectivity index (χ1n) is 6.78. The van der Waals surface area contributed by atoms with Crippen LogP contribution in [0.2, 0.25) is 5.02 Å². The summed E-state index contributed by atoms with van der Waals surface area (Å²) in [5, 5.41) is 4.94. The van der Waals surface area contributed by atoms with Crippen LogP contribution in [0.25, 0.3) is 11.1 Å². The maximum absolute atomic E-state index is 5.99. The summed E-state index contributed by atoms with van der Waals surface area (Å²) in [7, 11) is 0. The fourth-order valence-corrected chi connectivity index (χ4v) is 3.43. The molecule has 0 radical (unpaired) electrons. The van der Waals surface area contributed by atoms with E-state index in [0.29, 0.717) is 16.8 Å².